The second-order valence-corrected chi connectivity index (χ2v) is 6.63. The van der Waals surface area contributed by atoms with E-state index in [0.717, 1.165) is 24.6 Å². The van der Waals surface area contributed by atoms with Gasteiger partial charge in [-0.3, -0.25) is 9.59 Å². The van der Waals surface area contributed by atoms with Crippen molar-refractivity contribution in [3.63, 3.8) is 0 Å². The zero-order chi connectivity index (χ0) is 18.2. The van der Waals surface area contributed by atoms with Crippen molar-refractivity contribution in [2.45, 2.75) is 20.8 Å². The first-order valence-corrected chi connectivity index (χ1v) is 9.07. The van der Waals surface area contributed by atoms with Crippen molar-refractivity contribution in [2.75, 3.05) is 31.5 Å². The number of anilines is 1. The lowest BCUT2D eigenvalue weighted by Gasteiger charge is -2.18. The first kappa shape index (κ1) is 19.0. The molecule has 1 aromatic carbocycles. The van der Waals surface area contributed by atoms with Crippen molar-refractivity contribution >= 4 is 28.8 Å². The minimum atomic E-state index is -0.329. The van der Waals surface area contributed by atoms with E-state index in [-0.39, 0.29) is 11.8 Å². The smallest absolute Gasteiger partial charge is 0.286 e. The Morgan fingerprint density at radius 3 is 2.56 bits per heavy atom. The largest absolute Gasteiger partial charge is 0.351 e. The van der Waals surface area contributed by atoms with Gasteiger partial charge in [0.15, 0.2) is 0 Å². The number of likely N-dealkylation sites (N-methyl/N-ethyl adjacent to an activating group) is 1. The molecule has 2 amide bonds. The third-order valence-corrected chi connectivity index (χ3v) is 4.55. The summed E-state index contributed by atoms with van der Waals surface area (Å²) in [6.07, 6.45) is 0. The standard InChI is InChI=1S/C17H23N5O2S/c1-4-22(5-2)10-9-18-15(23)13-7-6-8-14(11-13)19-16(24)17-21-20-12(3)25-17/h6-8,11H,4-5,9-10H2,1-3H3,(H,18,23)(H,19,24). The summed E-state index contributed by atoms with van der Waals surface area (Å²) in [5.74, 6) is -0.486. The Hall–Kier alpha value is -2.32. The molecule has 0 fully saturated rings. The lowest BCUT2D eigenvalue weighted by Crippen LogP contribution is -2.34. The molecular weight excluding hydrogens is 338 g/mol. The van der Waals surface area contributed by atoms with Crippen LogP contribution in [0.25, 0.3) is 0 Å². The number of nitrogens with one attached hydrogen (secondary N) is 2. The molecule has 134 valence electrons. The summed E-state index contributed by atoms with van der Waals surface area (Å²) in [4.78, 5) is 26.6. The number of carbonyl (C=O) groups is 2. The third kappa shape index (κ3) is 5.61. The van der Waals surface area contributed by atoms with E-state index in [1.165, 1.54) is 11.3 Å². The Morgan fingerprint density at radius 2 is 1.92 bits per heavy atom. The van der Waals surface area contributed by atoms with Crippen molar-refractivity contribution in [3.8, 4) is 0 Å². The van der Waals surface area contributed by atoms with Gasteiger partial charge < -0.3 is 15.5 Å². The van der Waals surface area contributed by atoms with Gasteiger partial charge in [0, 0.05) is 24.3 Å². The molecule has 0 aliphatic rings. The Balaban J connectivity index is 1.93. The number of benzene rings is 1. The second-order valence-electron chi connectivity index (χ2n) is 5.44. The molecule has 0 saturated heterocycles. The van der Waals surface area contributed by atoms with Crippen molar-refractivity contribution in [2.24, 2.45) is 0 Å². The molecule has 0 bridgehead atoms. The summed E-state index contributed by atoms with van der Waals surface area (Å²) in [5, 5.41) is 14.3. The van der Waals surface area contributed by atoms with Crippen LogP contribution < -0.4 is 10.6 Å². The molecule has 7 nitrogen and oxygen atoms in total. The van der Waals surface area contributed by atoms with E-state index in [1.54, 1.807) is 31.2 Å². The highest BCUT2D eigenvalue weighted by molar-refractivity contribution is 7.13. The summed E-state index contributed by atoms with van der Waals surface area (Å²) < 4.78 is 0. The molecule has 25 heavy (non-hydrogen) atoms. The normalized spacial score (nSPS) is 10.7. The number of aromatic nitrogens is 2. The van der Waals surface area contributed by atoms with Gasteiger partial charge in [0.25, 0.3) is 11.8 Å². The molecule has 0 radical (unpaired) electrons. The highest BCUT2D eigenvalue weighted by Crippen LogP contribution is 2.14. The Kier molecular flexibility index (Phi) is 7.03. The van der Waals surface area contributed by atoms with Gasteiger partial charge in [0.05, 0.1) is 0 Å². The van der Waals surface area contributed by atoms with Crippen LogP contribution in [0.15, 0.2) is 24.3 Å². The molecule has 0 unspecified atom stereocenters. The van der Waals surface area contributed by atoms with E-state index >= 15 is 0 Å². The fraction of sp³-hybridized carbons (Fsp3) is 0.412. The van der Waals surface area contributed by atoms with Crippen LogP contribution in [0, 0.1) is 6.92 Å². The molecule has 0 saturated carbocycles. The molecular formula is C17H23N5O2S. The topological polar surface area (TPSA) is 87.2 Å². The molecule has 0 spiro atoms. The predicted octanol–water partition coefficient (Wildman–Crippen LogP) is 2.17. The SMILES string of the molecule is CCN(CC)CCNC(=O)c1cccc(NC(=O)c2nnc(C)s2)c1. The summed E-state index contributed by atoms with van der Waals surface area (Å²) in [7, 11) is 0. The lowest BCUT2D eigenvalue weighted by molar-refractivity contribution is 0.0947. The average Bonchev–Trinajstić information content (AvgIpc) is 3.05. The van der Waals surface area contributed by atoms with Gasteiger partial charge >= 0.3 is 0 Å². The molecule has 2 aromatic rings. The number of rotatable bonds is 8. The fourth-order valence-electron chi connectivity index (χ4n) is 2.28. The number of nitrogens with zero attached hydrogens (tertiary/aromatic N) is 3. The maximum absolute atomic E-state index is 12.3. The van der Waals surface area contributed by atoms with Crippen LogP contribution in [0.4, 0.5) is 5.69 Å². The maximum Gasteiger partial charge on any atom is 0.286 e. The molecule has 1 heterocycles. The number of amides is 2. The minimum Gasteiger partial charge on any atom is -0.351 e. The van der Waals surface area contributed by atoms with Crippen LogP contribution in [-0.2, 0) is 0 Å². The maximum atomic E-state index is 12.3. The molecule has 0 aliphatic heterocycles. The molecule has 0 atom stereocenters. The first-order chi connectivity index (χ1) is 12.0. The summed E-state index contributed by atoms with van der Waals surface area (Å²) >= 11 is 1.23. The molecule has 0 aliphatic carbocycles. The summed E-state index contributed by atoms with van der Waals surface area (Å²) in [6, 6.07) is 6.84. The number of hydrogen-bond donors (Lipinski definition) is 2. The zero-order valence-electron chi connectivity index (χ0n) is 14.7. The van der Waals surface area contributed by atoms with Crippen molar-refractivity contribution in [1.29, 1.82) is 0 Å². The molecule has 8 heteroatoms. The molecule has 2 rings (SSSR count). The van der Waals surface area contributed by atoms with E-state index in [1.807, 2.05) is 0 Å². The van der Waals surface area contributed by atoms with Gasteiger partial charge in [-0.1, -0.05) is 31.3 Å². The zero-order valence-corrected chi connectivity index (χ0v) is 15.5. The molecule has 1 aromatic heterocycles. The van der Waals surface area contributed by atoms with E-state index in [9.17, 15) is 9.59 Å². The van der Waals surface area contributed by atoms with Crippen LogP contribution in [0.1, 0.15) is 39.0 Å². The van der Waals surface area contributed by atoms with Crippen molar-refractivity contribution < 1.29 is 9.59 Å². The summed E-state index contributed by atoms with van der Waals surface area (Å²) in [6.45, 7) is 9.29. The van der Waals surface area contributed by atoms with Gasteiger partial charge in [-0.05, 0) is 38.2 Å². The van der Waals surface area contributed by atoms with Crippen molar-refractivity contribution in [1.82, 2.24) is 20.4 Å². The van der Waals surface area contributed by atoms with Crippen LogP contribution in [0.5, 0.6) is 0 Å². The Morgan fingerprint density at radius 1 is 1.16 bits per heavy atom. The van der Waals surface area contributed by atoms with Crippen LogP contribution in [-0.4, -0.2) is 53.1 Å². The van der Waals surface area contributed by atoms with E-state index in [4.69, 9.17) is 0 Å². The highest BCUT2D eigenvalue weighted by Gasteiger charge is 2.13. The predicted molar refractivity (Wildman–Crippen MR) is 99.2 cm³/mol. The number of hydrogen-bond acceptors (Lipinski definition) is 6. The van der Waals surface area contributed by atoms with Gasteiger partial charge in [0.2, 0.25) is 5.01 Å². The average molecular weight is 361 g/mol. The van der Waals surface area contributed by atoms with Crippen LogP contribution in [0.2, 0.25) is 0 Å². The van der Waals surface area contributed by atoms with Gasteiger partial charge in [-0.25, -0.2) is 0 Å². The number of aryl methyl sites for hydroxylation is 1. The molecule has 2 N–H and O–H groups in total. The van der Waals surface area contributed by atoms with Gasteiger partial charge in [-0.2, -0.15) is 0 Å². The fourth-order valence-corrected chi connectivity index (χ4v) is 2.87. The van der Waals surface area contributed by atoms with Gasteiger partial charge in [-0.15, -0.1) is 10.2 Å². The first-order valence-electron chi connectivity index (χ1n) is 8.25. The van der Waals surface area contributed by atoms with Crippen LogP contribution >= 0.6 is 11.3 Å². The van der Waals surface area contributed by atoms with E-state index in [0.29, 0.717) is 22.8 Å². The van der Waals surface area contributed by atoms with E-state index in [2.05, 4.69) is 39.6 Å². The van der Waals surface area contributed by atoms with Crippen LogP contribution in [0.3, 0.4) is 0 Å². The summed E-state index contributed by atoms with van der Waals surface area (Å²) in [5.41, 5.74) is 1.06. The van der Waals surface area contributed by atoms with Gasteiger partial charge in [0.1, 0.15) is 5.01 Å². The second kappa shape index (κ2) is 9.24. The third-order valence-electron chi connectivity index (χ3n) is 3.71. The highest BCUT2D eigenvalue weighted by atomic mass is 32.1. The quantitative estimate of drug-likeness (QED) is 0.752. The number of carbonyl (C=O) groups excluding carboxylic acids is 2. The Labute approximate surface area is 151 Å². The van der Waals surface area contributed by atoms with E-state index < -0.39 is 0 Å². The minimum absolute atomic E-state index is 0.157. The monoisotopic (exact) mass is 361 g/mol. The van der Waals surface area contributed by atoms with Crippen molar-refractivity contribution in [3.05, 3.63) is 39.8 Å². The Bertz CT molecular complexity index is 727. The lowest BCUT2D eigenvalue weighted by atomic mass is 10.2.